The van der Waals surface area contributed by atoms with Gasteiger partial charge in [0.05, 0.1) is 21.8 Å². The Bertz CT molecular complexity index is 1690. The van der Waals surface area contributed by atoms with E-state index in [0.29, 0.717) is 9.33 Å². The van der Waals surface area contributed by atoms with Crippen LogP contribution >= 0.6 is 11.3 Å². The van der Waals surface area contributed by atoms with Crippen LogP contribution in [0.3, 0.4) is 0 Å². The van der Waals surface area contributed by atoms with Gasteiger partial charge >= 0.3 is 5.97 Å². The first-order chi connectivity index (χ1) is 17.0. The zero-order valence-corrected chi connectivity index (χ0v) is 19.9. The van der Waals surface area contributed by atoms with Gasteiger partial charge in [0.15, 0.2) is 4.80 Å². The van der Waals surface area contributed by atoms with E-state index in [2.05, 4.69) is 49.4 Å². The summed E-state index contributed by atoms with van der Waals surface area (Å²) in [4.78, 5) is 30.6. The number of allylic oxidation sites excluding steroid dienone is 1. The summed E-state index contributed by atoms with van der Waals surface area (Å²) in [5, 5.41) is 9.17. The molecule has 1 atom stereocenters. The molecule has 1 aliphatic carbocycles. The monoisotopic (exact) mass is 478 g/mol. The van der Waals surface area contributed by atoms with E-state index < -0.39 is 5.97 Å². The molecule has 5 nitrogen and oxygen atoms in total. The highest BCUT2D eigenvalue weighted by Crippen LogP contribution is 2.41. The minimum absolute atomic E-state index is 0.0768. The smallest absolute Gasteiger partial charge is 0.335 e. The quantitative estimate of drug-likeness (QED) is 0.477. The summed E-state index contributed by atoms with van der Waals surface area (Å²) in [5.74, 6) is -0.972. The summed E-state index contributed by atoms with van der Waals surface area (Å²) < 4.78 is 2.41. The van der Waals surface area contributed by atoms with Crippen LogP contribution in [0.5, 0.6) is 0 Å². The van der Waals surface area contributed by atoms with Crippen molar-refractivity contribution in [3.63, 3.8) is 0 Å². The molecule has 0 unspecified atom stereocenters. The van der Waals surface area contributed by atoms with Crippen molar-refractivity contribution in [3.8, 4) is 0 Å². The number of hydrogen-bond donors (Lipinski definition) is 1. The Morgan fingerprint density at radius 2 is 1.77 bits per heavy atom. The van der Waals surface area contributed by atoms with E-state index in [1.807, 2.05) is 16.7 Å². The summed E-state index contributed by atoms with van der Waals surface area (Å²) >= 11 is 1.38. The second-order valence-electron chi connectivity index (χ2n) is 8.95. The van der Waals surface area contributed by atoms with Crippen LogP contribution in [-0.2, 0) is 6.42 Å². The number of rotatable bonds is 3. The van der Waals surface area contributed by atoms with Crippen LogP contribution in [0.1, 0.15) is 50.6 Å². The van der Waals surface area contributed by atoms with Gasteiger partial charge in [-0.3, -0.25) is 9.36 Å². The molecule has 0 amide bonds. The third-order valence-electron chi connectivity index (χ3n) is 6.72. The summed E-state index contributed by atoms with van der Waals surface area (Å²) in [6.07, 6.45) is 3.60. The summed E-state index contributed by atoms with van der Waals surface area (Å²) in [5.41, 5.74) is 7.77. The molecule has 0 bridgehead atoms. The zero-order chi connectivity index (χ0) is 24.1. The average molecular weight is 479 g/mol. The van der Waals surface area contributed by atoms with E-state index >= 15 is 0 Å². The molecule has 3 aromatic carbocycles. The maximum Gasteiger partial charge on any atom is 0.335 e. The van der Waals surface area contributed by atoms with Crippen molar-refractivity contribution in [1.82, 2.24) is 4.57 Å². The van der Waals surface area contributed by atoms with Gasteiger partial charge in [-0.1, -0.05) is 77.6 Å². The Balaban J connectivity index is 1.57. The van der Waals surface area contributed by atoms with Gasteiger partial charge in [0.2, 0.25) is 0 Å². The van der Waals surface area contributed by atoms with Crippen LogP contribution in [0.15, 0.2) is 88.2 Å². The molecular formula is C29H22N2O3S. The van der Waals surface area contributed by atoms with Gasteiger partial charge in [0.1, 0.15) is 0 Å². The highest BCUT2D eigenvalue weighted by molar-refractivity contribution is 7.07. The fourth-order valence-electron chi connectivity index (χ4n) is 4.94. The van der Waals surface area contributed by atoms with E-state index in [1.54, 1.807) is 24.3 Å². The Kier molecular flexibility index (Phi) is 5.11. The average Bonchev–Trinajstić information content (AvgIpc) is 3.18. The molecule has 0 saturated heterocycles. The second kappa shape index (κ2) is 8.32. The van der Waals surface area contributed by atoms with Crippen molar-refractivity contribution in [2.75, 3.05) is 0 Å². The fraction of sp³-hybridized carbons (Fsp3) is 0.138. The van der Waals surface area contributed by atoms with E-state index in [1.165, 1.54) is 28.0 Å². The first kappa shape index (κ1) is 21.5. The molecule has 35 heavy (non-hydrogen) atoms. The van der Waals surface area contributed by atoms with Crippen molar-refractivity contribution >= 4 is 29.1 Å². The maximum atomic E-state index is 13.7. The molecule has 4 aromatic rings. The summed E-state index contributed by atoms with van der Waals surface area (Å²) in [6, 6.07) is 23.1. The largest absolute Gasteiger partial charge is 0.478 e. The highest BCUT2D eigenvalue weighted by Gasteiger charge is 2.32. The number of aromatic nitrogens is 1. The second-order valence-corrected chi connectivity index (χ2v) is 9.96. The molecule has 1 aromatic heterocycles. The Morgan fingerprint density at radius 1 is 1.03 bits per heavy atom. The molecule has 6 heteroatoms. The predicted molar refractivity (Wildman–Crippen MR) is 137 cm³/mol. The van der Waals surface area contributed by atoms with Gasteiger partial charge in [0, 0.05) is 5.56 Å². The van der Waals surface area contributed by atoms with Gasteiger partial charge < -0.3 is 5.11 Å². The molecular weight excluding hydrogens is 456 g/mol. The number of hydrogen-bond acceptors (Lipinski definition) is 4. The number of nitrogens with zero attached hydrogens (tertiary/aromatic N) is 2. The van der Waals surface area contributed by atoms with E-state index in [-0.39, 0.29) is 17.2 Å². The number of aryl methyl sites for hydroxylation is 2. The van der Waals surface area contributed by atoms with Gasteiger partial charge in [0.25, 0.3) is 5.56 Å². The lowest BCUT2D eigenvalue weighted by Crippen LogP contribution is -2.38. The predicted octanol–water partition coefficient (Wildman–Crippen LogP) is 4.33. The standard InChI is InChI=1S/C29H22N2O3S/c1-17-6-10-20(11-7-17)26-23-15-14-19-4-2-3-5-22(19)25(23)30-29-31(26)27(32)24(35-29)16-18-8-12-21(13-9-18)28(33)34/h2-13,16,26H,14-15H2,1H3,(H,33,34)/b24-16-/t26-/m1/s1. The number of carboxylic acid groups (broad SMARTS) is 1. The molecule has 0 saturated carbocycles. The molecule has 6 rings (SSSR count). The molecule has 0 spiro atoms. The Morgan fingerprint density at radius 3 is 2.51 bits per heavy atom. The van der Waals surface area contributed by atoms with Gasteiger partial charge in [-0.25, -0.2) is 9.79 Å². The van der Waals surface area contributed by atoms with Gasteiger partial charge in [-0.05, 0) is 60.2 Å². The van der Waals surface area contributed by atoms with Gasteiger partial charge in [-0.15, -0.1) is 0 Å². The first-order valence-corrected chi connectivity index (χ1v) is 12.3. The fourth-order valence-corrected chi connectivity index (χ4v) is 5.95. The molecule has 172 valence electrons. The number of thiazole rings is 1. The molecule has 0 radical (unpaired) electrons. The van der Waals surface area contributed by atoms with Crippen LogP contribution < -0.4 is 14.9 Å². The first-order valence-electron chi connectivity index (χ1n) is 11.5. The van der Waals surface area contributed by atoms with Crippen molar-refractivity contribution in [1.29, 1.82) is 0 Å². The molecule has 2 heterocycles. The molecule has 1 aliphatic heterocycles. The third-order valence-corrected chi connectivity index (χ3v) is 7.70. The number of carboxylic acids is 1. The van der Waals surface area contributed by atoms with Crippen molar-refractivity contribution < 1.29 is 9.90 Å². The minimum atomic E-state index is -0.972. The van der Waals surface area contributed by atoms with Crippen LogP contribution in [0.2, 0.25) is 0 Å². The Hall–Kier alpha value is -4.03. The number of benzene rings is 3. The van der Waals surface area contributed by atoms with Crippen LogP contribution in [0, 0.1) is 6.92 Å². The lowest BCUT2D eigenvalue weighted by Gasteiger charge is -2.30. The lowest BCUT2D eigenvalue weighted by atomic mass is 9.83. The van der Waals surface area contributed by atoms with Gasteiger partial charge in [-0.2, -0.15) is 0 Å². The molecule has 2 aliphatic rings. The normalized spacial score (nSPS) is 16.8. The van der Waals surface area contributed by atoms with Crippen LogP contribution in [-0.4, -0.2) is 15.6 Å². The number of fused-ring (bicyclic) bond motifs is 3. The van der Waals surface area contributed by atoms with E-state index in [0.717, 1.165) is 35.2 Å². The van der Waals surface area contributed by atoms with Crippen LogP contribution in [0.25, 0.3) is 11.8 Å². The van der Waals surface area contributed by atoms with Crippen LogP contribution in [0.4, 0.5) is 0 Å². The van der Waals surface area contributed by atoms with E-state index in [9.17, 15) is 9.59 Å². The van der Waals surface area contributed by atoms with Crippen molar-refractivity contribution in [2.24, 2.45) is 4.99 Å². The summed E-state index contributed by atoms with van der Waals surface area (Å²) in [6.45, 7) is 2.06. The van der Waals surface area contributed by atoms with E-state index in [4.69, 9.17) is 10.1 Å². The minimum Gasteiger partial charge on any atom is -0.478 e. The van der Waals surface area contributed by atoms with Crippen molar-refractivity contribution in [3.05, 3.63) is 131 Å². The number of carbonyl (C=O) groups is 1. The molecule has 1 N–H and O–H groups in total. The topological polar surface area (TPSA) is 71.7 Å². The summed E-state index contributed by atoms with van der Waals surface area (Å²) in [7, 11) is 0. The lowest BCUT2D eigenvalue weighted by molar-refractivity contribution is 0.0697. The van der Waals surface area contributed by atoms with Crippen molar-refractivity contribution in [2.45, 2.75) is 25.8 Å². The SMILES string of the molecule is Cc1ccc([C@@H]2C3=C(N=c4s/c(=C\c5ccc(C(=O)O)cc5)c(=O)n42)c2ccccc2CC3)cc1. The number of aromatic carboxylic acids is 1. The highest BCUT2D eigenvalue weighted by atomic mass is 32.1. The third kappa shape index (κ3) is 3.67. The maximum absolute atomic E-state index is 13.7. The molecule has 0 fully saturated rings. The Labute approximate surface area is 205 Å². The zero-order valence-electron chi connectivity index (χ0n) is 19.1.